The Morgan fingerprint density at radius 1 is 1.17 bits per heavy atom. The van der Waals surface area contributed by atoms with E-state index in [1.807, 2.05) is 11.0 Å². The van der Waals surface area contributed by atoms with Crippen molar-refractivity contribution in [2.75, 3.05) is 13.1 Å². The molecule has 0 bridgehead atoms. The van der Waals surface area contributed by atoms with Gasteiger partial charge in [0.15, 0.2) is 0 Å². The minimum Gasteiger partial charge on any atom is -0.481 e. The first kappa shape index (κ1) is 14.7. The Labute approximate surface area is 136 Å². The minimum atomic E-state index is -0.659. The summed E-state index contributed by atoms with van der Waals surface area (Å²) in [6.07, 6.45) is 4.30. The van der Waals surface area contributed by atoms with E-state index in [-0.39, 0.29) is 17.2 Å². The van der Waals surface area contributed by atoms with Crippen LogP contribution in [0.3, 0.4) is 0 Å². The van der Waals surface area contributed by atoms with Crippen molar-refractivity contribution in [1.29, 1.82) is 0 Å². The first-order valence-corrected chi connectivity index (χ1v) is 8.65. The van der Waals surface area contributed by atoms with Gasteiger partial charge in [0.25, 0.3) is 0 Å². The quantitative estimate of drug-likeness (QED) is 0.930. The zero-order valence-corrected chi connectivity index (χ0v) is 13.3. The lowest BCUT2D eigenvalue weighted by atomic mass is 9.90. The van der Waals surface area contributed by atoms with E-state index < -0.39 is 5.97 Å². The Bertz CT molecular complexity index is 619. The second-order valence-corrected chi connectivity index (χ2v) is 7.56. The summed E-state index contributed by atoms with van der Waals surface area (Å²) in [5, 5.41) is 9.13. The molecule has 1 saturated heterocycles. The summed E-state index contributed by atoms with van der Waals surface area (Å²) in [5.41, 5.74) is 1.36. The fraction of sp³-hybridized carbons (Fsp3) is 0.579. The van der Waals surface area contributed by atoms with Crippen molar-refractivity contribution in [3.05, 3.63) is 35.9 Å². The summed E-state index contributed by atoms with van der Waals surface area (Å²) in [6, 6.07) is 10.5. The number of piperidine rings is 1. The van der Waals surface area contributed by atoms with Crippen LogP contribution in [0.4, 0.5) is 0 Å². The molecule has 3 fully saturated rings. The van der Waals surface area contributed by atoms with Crippen molar-refractivity contribution >= 4 is 11.9 Å². The number of carbonyl (C=O) groups excluding carboxylic acids is 1. The standard InChI is InChI=1S/C19H23NO3/c21-17(11-14-10-15(14)13-4-2-1-3-5-13)20-8-6-19(7-9-20)12-16(19)18(22)23/h1-5,14-16H,6-12H2,(H,22,23)/t14-,15-,16?/m0/s1. The Balaban J connectivity index is 1.27. The molecule has 4 nitrogen and oxygen atoms in total. The maximum atomic E-state index is 12.5. The lowest BCUT2D eigenvalue weighted by Crippen LogP contribution is -2.40. The molecule has 2 saturated carbocycles. The highest BCUT2D eigenvalue weighted by atomic mass is 16.4. The highest BCUT2D eigenvalue weighted by Gasteiger charge is 2.59. The second kappa shape index (κ2) is 5.36. The van der Waals surface area contributed by atoms with Gasteiger partial charge in [-0.2, -0.15) is 0 Å². The highest BCUT2D eigenvalue weighted by Crippen LogP contribution is 2.59. The summed E-state index contributed by atoms with van der Waals surface area (Å²) in [6.45, 7) is 1.48. The monoisotopic (exact) mass is 313 g/mol. The molecule has 1 N–H and O–H groups in total. The predicted molar refractivity (Wildman–Crippen MR) is 85.9 cm³/mol. The van der Waals surface area contributed by atoms with E-state index in [9.17, 15) is 9.59 Å². The molecule has 2 aliphatic carbocycles. The summed E-state index contributed by atoms with van der Waals surface area (Å²) < 4.78 is 0. The number of carboxylic acid groups (broad SMARTS) is 1. The molecule has 1 aliphatic heterocycles. The summed E-state index contributed by atoms with van der Waals surface area (Å²) in [5.74, 6) is 0.486. The lowest BCUT2D eigenvalue weighted by Gasteiger charge is -2.32. The second-order valence-electron chi connectivity index (χ2n) is 7.56. The van der Waals surface area contributed by atoms with Gasteiger partial charge in [0.05, 0.1) is 5.92 Å². The van der Waals surface area contributed by atoms with E-state index in [0.717, 1.165) is 38.8 Å². The van der Waals surface area contributed by atoms with Gasteiger partial charge < -0.3 is 10.0 Å². The fourth-order valence-corrected chi connectivity index (χ4v) is 4.39. The van der Waals surface area contributed by atoms with Crippen LogP contribution in [0.2, 0.25) is 0 Å². The average molecular weight is 313 g/mol. The zero-order chi connectivity index (χ0) is 16.0. The van der Waals surface area contributed by atoms with E-state index in [1.54, 1.807) is 0 Å². The van der Waals surface area contributed by atoms with E-state index in [4.69, 9.17) is 5.11 Å². The van der Waals surface area contributed by atoms with Crippen molar-refractivity contribution in [2.24, 2.45) is 17.3 Å². The Morgan fingerprint density at radius 3 is 2.48 bits per heavy atom. The number of amides is 1. The summed E-state index contributed by atoms with van der Waals surface area (Å²) in [4.78, 5) is 25.5. The molecule has 3 atom stereocenters. The Morgan fingerprint density at radius 2 is 1.87 bits per heavy atom. The molecule has 1 unspecified atom stereocenters. The molecule has 1 heterocycles. The van der Waals surface area contributed by atoms with Crippen LogP contribution in [0.5, 0.6) is 0 Å². The van der Waals surface area contributed by atoms with E-state index in [2.05, 4.69) is 24.3 Å². The van der Waals surface area contributed by atoms with Crippen molar-refractivity contribution in [3.63, 3.8) is 0 Å². The smallest absolute Gasteiger partial charge is 0.307 e. The molecule has 1 amide bonds. The molecule has 23 heavy (non-hydrogen) atoms. The third kappa shape index (κ3) is 2.75. The number of hydrogen-bond acceptors (Lipinski definition) is 2. The van der Waals surface area contributed by atoms with E-state index in [0.29, 0.717) is 18.3 Å². The zero-order valence-electron chi connectivity index (χ0n) is 13.3. The van der Waals surface area contributed by atoms with Crippen LogP contribution >= 0.6 is 0 Å². The number of benzene rings is 1. The van der Waals surface area contributed by atoms with Gasteiger partial charge in [-0.3, -0.25) is 9.59 Å². The molecule has 4 heteroatoms. The molecular formula is C19H23NO3. The third-order valence-electron chi connectivity index (χ3n) is 6.19. The van der Waals surface area contributed by atoms with Crippen LogP contribution in [0, 0.1) is 17.3 Å². The summed E-state index contributed by atoms with van der Waals surface area (Å²) in [7, 11) is 0. The van der Waals surface area contributed by atoms with Gasteiger partial charge in [0.1, 0.15) is 0 Å². The lowest BCUT2D eigenvalue weighted by molar-refractivity contribution is -0.139. The molecule has 1 spiro atoms. The van der Waals surface area contributed by atoms with E-state index in [1.165, 1.54) is 5.56 Å². The van der Waals surface area contributed by atoms with Gasteiger partial charge >= 0.3 is 5.97 Å². The maximum absolute atomic E-state index is 12.5. The molecule has 4 rings (SSSR count). The van der Waals surface area contributed by atoms with Gasteiger partial charge in [-0.25, -0.2) is 0 Å². The van der Waals surface area contributed by atoms with Gasteiger partial charge in [0.2, 0.25) is 5.91 Å². The Kier molecular flexibility index (Phi) is 3.43. The number of aliphatic carboxylic acids is 1. The third-order valence-corrected chi connectivity index (χ3v) is 6.19. The first-order chi connectivity index (χ1) is 11.1. The van der Waals surface area contributed by atoms with Gasteiger partial charge in [0, 0.05) is 19.5 Å². The minimum absolute atomic E-state index is 0.00870. The van der Waals surface area contributed by atoms with Gasteiger partial charge in [-0.15, -0.1) is 0 Å². The molecule has 3 aliphatic rings. The van der Waals surface area contributed by atoms with Crippen LogP contribution < -0.4 is 0 Å². The first-order valence-electron chi connectivity index (χ1n) is 8.65. The number of carboxylic acids is 1. The van der Waals surface area contributed by atoms with Crippen LogP contribution in [-0.4, -0.2) is 35.0 Å². The van der Waals surface area contributed by atoms with Gasteiger partial charge in [-0.05, 0) is 48.5 Å². The molecule has 1 aromatic rings. The van der Waals surface area contributed by atoms with E-state index >= 15 is 0 Å². The molecule has 122 valence electrons. The SMILES string of the molecule is O=C(O)C1CC12CCN(C(=O)C[C@@H]1C[C@H]1c1ccccc1)CC2. The van der Waals surface area contributed by atoms with Crippen LogP contribution in [-0.2, 0) is 9.59 Å². The number of rotatable bonds is 4. The molecule has 0 aromatic heterocycles. The van der Waals surface area contributed by atoms with Crippen molar-refractivity contribution in [2.45, 2.75) is 38.0 Å². The average Bonchev–Trinajstić information content (AvgIpc) is 3.46. The summed E-state index contributed by atoms with van der Waals surface area (Å²) >= 11 is 0. The molecule has 0 radical (unpaired) electrons. The van der Waals surface area contributed by atoms with Crippen molar-refractivity contribution in [3.8, 4) is 0 Å². The van der Waals surface area contributed by atoms with Crippen molar-refractivity contribution < 1.29 is 14.7 Å². The number of nitrogens with zero attached hydrogens (tertiary/aromatic N) is 1. The maximum Gasteiger partial charge on any atom is 0.307 e. The van der Waals surface area contributed by atoms with Gasteiger partial charge in [-0.1, -0.05) is 30.3 Å². The Hall–Kier alpha value is -1.84. The van der Waals surface area contributed by atoms with Crippen LogP contribution in [0.25, 0.3) is 0 Å². The largest absolute Gasteiger partial charge is 0.481 e. The van der Waals surface area contributed by atoms with Crippen LogP contribution in [0.1, 0.15) is 43.6 Å². The number of carbonyl (C=O) groups is 2. The van der Waals surface area contributed by atoms with Crippen LogP contribution in [0.15, 0.2) is 30.3 Å². The fourth-order valence-electron chi connectivity index (χ4n) is 4.39. The highest BCUT2D eigenvalue weighted by molar-refractivity contribution is 5.78. The molecule has 1 aromatic carbocycles. The normalized spacial score (nSPS) is 31.0. The predicted octanol–water partition coefficient (Wildman–Crippen LogP) is 2.89. The number of likely N-dealkylation sites (tertiary alicyclic amines) is 1. The topological polar surface area (TPSA) is 57.6 Å². The number of hydrogen-bond donors (Lipinski definition) is 1. The van der Waals surface area contributed by atoms with Crippen molar-refractivity contribution in [1.82, 2.24) is 4.90 Å². The molecular weight excluding hydrogens is 290 g/mol.